The molecule has 1 unspecified atom stereocenters. The molecular formula is C11H18O. The first-order valence-corrected chi connectivity index (χ1v) is 4.77. The van der Waals surface area contributed by atoms with E-state index in [1.54, 1.807) is 0 Å². The molecule has 0 radical (unpaired) electrons. The molecule has 0 aliphatic heterocycles. The van der Waals surface area contributed by atoms with Gasteiger partial charge in [0.15, 0.2) is 0 Å². The molecule has 0 N–H and O–H groups in total. The fourth-order valence-corrected chi connectivity index (χ4v) is 1.54. The van der Waals surface area contributed by atoms with Crippen LogP contribution < -0.4 is 0 Å². The van der Waals surface area contributed by atoms with E-state index in [2.05, 4.69) is 27.7 Å². The van der Waals surface area contributed by atoms with Gasteiger partial charge in [0, 0.05) is 5.92 Å². The standard InChI is InChI=1S/C11H18O/c1-5-8(3)11-10(6-2)9(4)7-12-11/h7-8H,5-6H2,1-4H3. The van der Waals surface area contributed by atoms with E-state index in [1.807, 2.05) is 6.26 Å². The van der Waals surface area contributed by atoms with Gasteiger partial charge in [-0.1, -0.05) is 20.8 Å². The Bertz CT molecular complexity index is 248. The third-order valence-electron chi connectivity index (χ3n) is 2.55. The Morgan fingerprint density at radius 1 is 1.42 bits per heavy atom. The van der Waals surface area contributed by atoms with Gasteiger partial charge in [-0.25, -0.2) is 0 Å². The van der Waals surface area contributed by atoms with E-state index in [1.165, 1.54) is 16.9 Å². The summed E-state index contributed by atoms with van der Waals surface area (Å²) in [6, 6.07) is 0. The van der Waals surface area contributed by atoms with E-state index in [0.29, 0.717) is 5.92 Å². The summed E-state index contributed by atoms with van der Waals surface area (Å²) in [5, 5.41) is 0. The van der Waals surface area contributed by atoms with Gasteiger partial charge >= 0.3 is 0 Å². The average Bonchev–Trinajstić information content (AvgIpc) is 2.45. The lowest BCUT2D eigenvalue weighted by Crippen LogP contribution is -1.94. The molecule has 0 amide bonds. The number of hydrogen-bond donors (Lipinski definition) is 0. The molecule has 0 bridgehead atoms. The molecule has 0 aromatic carbocycles. The molecule has 0 aliphatic carbocycles. The van der Waals surface area contributed by atoms with Crippen LogP contribution in [0.3, 0.4) is 0 Å². The molecule has 0 saturated heterocycles. The Morgan fingerprint density at radius 3 is 2.58 bits per heavy atom. The zero-order valence-corrected chi connectivity index (χ0v) is 8.48. The van der Waals surface area contributed by atoms with E-state index in [0.717, 1.165) is 12.8 Å². The first kappa shape index (κ1) is 9.37. The topological polar surface area (TPSA) is 13.1 Å². The maximum Gasteiger partial charge on any atom is 0.109 e. The Balaban J connectivity index is 2.98. The van der Waals surface area contributed by atoms with E-state index in [9.17, 15) is 0 Å². The Morgan fingerprint density at radius 2 is 2.08 bits per heavy atom. The lowest BCUT2D eigenvalue weighted by molar-refractivity contribution is 0.464. The Labute approximate surface area is 74.8 Å². The lowest BCUT2D eigenvalue weighted by atomic mass is 9.99. The molecule has 0 saturated carbocycles. The molecule has 0 fully saturated rings. The summed E-state index contributed by atoms with van der Waals surface area (Å²) < 4.78 is 5.54. The first-order chi connectivity index (χ1) is 5.70. The molecule has 0 aliphatic rings. The van der Waals surface area contributed by atoms with Crippen LogP contribution in [0.4, 0.5) is 0 Å². The van der Waals surface area contributed by atoms with Crippen LogP contribution in [0.2, 0.25) is 0 Å². The van der Waals surface area contributed by atoms with Crippen molar-refractivity contribution in [1.82, 2.24) is 0 Å². The van der Waals surface area contributed by atoms with E-state index >= 15 is 0 Å². The predicted molar refractivity (Wildman–Crippen MR) is 51.5 cm³/mol. The highest BCUT2D eigenvalue weighted by Crippen LogP contribution is 2.26. The second-order valence-corrected chi connectivity index (χ2v) is 3.42. The normalized spacial score (nSPS) is 13.3. The fraction of sp³-hybridized carbons (Fsp3) is 0.636. The van der Waals surface area contributed by atoms with E-state index in [4.69, 9.17) is 4.42 Å². The molecule has 1 rings (SSSR count). The van der Waals surface area contributed by atoms with Crippen LogP contribution in [-0.2, 0) is 6.42 Å². The molecular weight excluding hydrogens is 148 g/mol. The van der Waals surface area contributed by atoms with Gasteiger partial charge in [0.1, 0.15) is 5.76 Å². The molecule has 1 heteroatoms. The molecule has 0 spiro atoms. The van der Waals surface area contributed by atoms with Crippen molar-refractivity contribution in [3.05, 3.63) is 23.2 Å². The van der Waals surface area contributed by atoms with Gasteiger partial charge in [0.2, 0.25) is 0 Å². The Hall–Kier alpha value is -0.720. The van der Waals surface area contributed by atoms with Crippen LogP contribution in [0.1, 0.15) is 50.0 Å². The van der Waals surface area contributed by atoms with Crippen LogP contribution >= 0.6 is 0 Å². The maximum atomic E-state index is 5.54. The maximum absolute atomic E-state index is 5.54. The largest absolute Gasteiger partial charge is 0.468 e. The molecule has 68 valence electrons. The smallest absolute Gasteiger partial charge is 0.109 e. The average molecular weight is 166 g/mol. The van der Waals surface area contributed by atoms with Crippen molar-refractivity contribution in [1.29, 1.82) is 0 Å². The second kappa shape index (κ2) is 3.79. The minimum Gasteiger partial charge on any atom is -0.468 e. The van der Waals surface area contributed by atoms with Gasteiger partial charge in [-0.15, -0.1) is 0 Å². The summed E-state index contributed by atoms with van der Waals surface area (Å²) in [7, 11) is 0. The van der Waals surface area contributed by atoms with Crippen molar-refractivity contribution in [3.8, 4) is 0 Å². The van der Waals surface area contributed by atoms with E-state index < -0.39 is 0 Å². The Kier molecular flexibility index (Phi) is 2.96. The lowest BCUT2D eigenvalue weighted by Gasteiger charge is -2.07. The van der Waals surface area contributed by atoms with Crippen LogP contribution in [0.5, 0.6) is 0 Å². The van der Waals surface area contributed by atoms with Crippen molar-refractivity contribution in [2.45, 2.75) is 46.5 Å². The highest BCUT2D eigenvalue weighted by atomic mass is 16.3. The number of rotatable bonds is 3. The zero-order chi connectivity index (χ0) is 9.14. The number of hydrogen-bond acceptors (Lipinski definition) is 1. The van der Waals surface area contributed by atoms with Crippen LogP contribution in [0.25, 0.3) is 0 Å². The van der Waals surface area contributed by atoms with Gasteiger partial charge in [-0.3, -0.25) is 0 Å². The fourth-order valence-electron chi connectivity index (χ4n) is 1.54. The molecule has 12 heavy (non-hydrogen) atoms. The van der Waals surface area contributed by atoms with Crippen LogP contribution in [0, 0.1) is 6.92 Å². The van der Waals surface area contributed by atoms with E-state index in [-0.39, 0.29) is 0 Å². The highest BCUT2D eigenvalue weighted by molar-refractivity contribution is 5.28. The SMILES string of the molecule is CCc1c(C)coc1C(C)CC. The van der Waals surface area contributed by atoms with Crippen molar-refractivity contribution in [2.24, 2.45) is 0 Å². The second-order valence-electron chi connectivity index (χ2n) is 3.42. The van der Waals surface area contributed by atoms with Gasteiger partial charge in [-0.2, -0.15) is 0 Å². The summed E-state index contributed by atoms with van der Waals surface area (Å²) in [5.74, 6) is 1.76. The van der Waals surface area contributed by atoms with Gasteiger partial charge in [0.05, 0.1) is 6.26 Å². The summed E-state index contributed by atoms with van der Waals surface area (Å²) in [4.78, 5) is 0. The van der Waals surface area contributed by atoms with Crippen molar-refractivity contribution in [3.63, 3.8) is 0 Å². The quantitative estimate of drug-likeness (QED) is 0.667. The van der Waals surface area contributed by atoms with Gasteiger partial charge < -0.3 is 4.42 Å². The molecule has 1 nitrogen and oxygen atoms in total. The van der Waals surface area contributed by atoms with Crippen molar-refractivity contribution >= 4 is 0 Å². The molecule has 1 atom stereocenters. The first-order valence-electron chi connectivity index (χ1n) is 4.77. The number of aryl methyl sites for hydroxylation is 1. The zero-order valence-electron chi connectivity index (χ0n) is 8.48. The van der Waals surface area contributed by atoms with Crippen molar-refractivity contribution < 1.29 is 4.42 Å². The number of furan rings is 1. The monoisotopic (exact) mass is 166 g/mol. The van der Waals surface area contributed by atoms with Gasteiger partial charge in [0.25, 0.3) is 0 Å². The van der Waals surface area contributed by atoms with Gasteiger partial charge in [-0.05, 0) is 30.9 Å². The van der Waals surface area contributed by atoms with Crippen LogP contribution in [-0.4, -0.2) is 0 Å². The summed E-state index contributed by atoms with van der Waals surface area (Å²) in [5.41, 5.74) is 2.71. The molecule has 1 aromatic heterocycles. The third kappa shape index (κ3) is 1.55. The third-order valence-corrected chi connectivity index (χ3v) is 2.55. The summed E-state index contributed by atoms with van der Waals surface area (Å²) >= 11 is 0. The molecule has 1 aromatic rings. The molecule has 1 heterocycles. The highest BCUT2D eigenvalue weighted by Gasteiger charge is 2.13. The summed E-state index contributed by atoms with van der Waals surface area (Å²) in [6.45, 7) is 8.72. The van der Waals surface area contributed by atoms with Crippen LogP contribution in [0.15, 0.2) is 10.7 Å². The van der Waals surface area contributed by atoms with Crippen molar-refractivity contribution in [2.75, 3.05) is 0 Å². The summed E-state index contributed by atoms with van der Waals surface area (Å²) in [6.07, 6.45) is 4.11. The predicted octanol–water partition coefficient (Wildman–Crippen LogP) is 3.66. The minimum atomic E-state index is 0.564. The minimum absolute atomic E-state index is 0.564.